The Morgan fingerprint density at radius 1 is 1.38 bits per heavy atom. The van der Waals surface area contributed by atoms with Crippen LogP contribution in [0.4, 0.5) is 0 Å². The van der Waals surface area contributed by atoms with Gasteiger partial charge in [0.15, 0.2) is 0 Å². The number of hydrogen-bond donors (Lipinski definition) is 1. The SMILES string of the molecule is CC(C)C#CCN1CCC(C#N)(CO)CC1. The molecule has 3 nitrogen and oxygen atoms in total. The molecule has 0 saturated carbocycles. The van der Waals surface area contributed by atoms with Crippen LogP contribution < -0.4 is 0 Å². The van der Waals surface area contributed by atoms with Gasteiger partial charge in [-0.05, 0) is 12.8 Å². The highest BCUT2D eigenvalue weighted by molar-refractivity contribution is 5.06. The van der Waals surface area contributed by atoms with E-state index < -0.39 is 5.41 Å². The van der Waals surface area contributed by atoms with Gasteiger partial charge in [0.1, 0.15) is 0 Å². The van der Waals surface area contributed by atoms with Gasteiger partial charge in [-0.1, -0.05) is 25.7 Å². The molecule has 1 N–H and O–H groups in total. The van der Waals surface area contributed by atoms with E-state index in [-0.39, 0.29) is 6.61 Å². The molecule has 1 rings (SSSR count). The lowest BCUT2D eigenvalue weighted by Crippen LogP contribution is -2.41. The third-order valence-corrected chi connectivity index (χ3v) is 3.05. The van der Waals surface area contributed by atoms with Crippen molar-refractivity contribution >= 4 is 0 Å². The van der Waals surface area contributed by atoms with Crippen LogP contribution in [-0.2, 0) is 0 Å². The fourth-order valence-corrected chi connectivity index (χ4v) is 1.81. The van der Waals surface area contributed by atoms with Gasteiger partial charge in [-0.25, -0.2) is 0 Å². The highest BCUT2D eigenvalue weighted by Gasteiger charge is 2.33. The predicted octanol–water partition coefficient (Wildman–Crippen LogP) is 1.24. The van der Waals surface area contributed by atoms with Gasteiger partial charge in [-0.3, -0.25) is 4.90 Å². The Kier molecular flexibility index (Phi) is 4.80. The van der Waals surface area contributed by atoms with Gasteiger partial charge >= 0.3 is 0 Å². The summed E-state index contributed by atoms with van der Waals surface area (Å²) in [4.78, 5) is 2.25. The maximum Gasteiger partial charge on any atom is 0.0828 e. The summed E-state index contributed by atoms with van der Waals surface area (Å²) >= 11 is 0. The molecule has 0 aromatic carbocycles. The Balaban J connectivity index is 2.39. The number of likely N-dealkylation sites (tertiary alicyclic amines) is 1. The van der Waals surface area contributed by atoms with Crippen LogP contribution in [0.15, 0.2) is 0 Å². The first kappa shape index (κ1) is 13.0. The molecule has 1 saturated heterocycles. The van der Waals surface area contributed by atoms with Gasteiger partial charge in [0.2, 0.25) is 0 Å². The van der Waals surface area contributed by atoms with E-state index in [2.05, 4.69) is 36.7 Å². The molecule has 1 aliphatic rings. The number of rotatable bonds is 2. The Labute approximate surface area is 98.1 Å². The second-order valence-electron chi connectivity index (χ2n) is 4.80. The number of hydrogen-bond acceptors (Lipinski definition) is 3. The fourth-order valence-electron chi connectivity index (χ4n) is 1.81. The summed E-state index contributed by atoms with van der Waals surface area (Å²) in [5.41, 5.74) is -0.498. The molecular formula is C13H20N2O. The van der Waals surface area contributed by atoms with E-state index in [1.54, 1.807) is 0 Å². The predicted molar refractivity (Wildman–Crippen MR) is 63.4 cm³/mol. The Morgan fingerprint density at radius 3 is 2.44 bits per heavy atom. The standard InChI is InChI=1S/C13H20N2O/c1-12(2)4-3-7-15-8-5-13(10-14,11-16)6-9-15/h12,16H,5-9,11H2,1-2H3. The number of aliphatic hydroxyl groups is 1. The lowest BCUT2D eigenvalue weighted by Gasteiger charge is -2.35. The van der Waals surface area contributed by atoms with Crippen LogP contribution in [-0.4, -0.2) is 36.2 Å². The van der Waals surface area contributed by atoms with E-state index in [1.165, 1.54) is 0 Å². The van der Waals surface area contributed by atoms with Gasteiger partial charge in [-0.2, -0.15) is 5.26 Å². The zero-order chi connectivity index (χ0) is 12.0. The number of aliphatic hydroxyl groups excluding tert-OH is 1. The smallest absolute Gasteiger partial charge is 0.0828 e. The first-order valence-electron chi connectivity index (χ1n) is 5.85. The highest BCUT2D eigenvalue weighted by Crippen LogP contribution is 2.29. The van der Waals surface area contributed by atoms with Crippen LogP contribution in [0.2, 0.25) is 0 Å². The molecule has 0 bridgehead atoms. The van der Waals surface area contributed by atoms with E-state index in [0.717, 1.165) is 32.5 Å². The van der Waals surface area contributed by atoms with Crippen molar-refractivity contribution in [2.45, 2.75) is 26.7 Å². The second kappa shape index (κ2) is 5.89. The van der Waals surface area contributed by atoms with Crippen molar-refractivity contribution in [2.24, 2.45) is 11.3 Å². The Bertz CT molecular complexity index is 311. The molecule has 0 aromatic heterocycles. The summed E-state index contributed by atoms with van der Waals surface area (Å²) < 4.78 is 0. The average molecular weight is 220 g/mol. The van der Waals surface area contributed by atoms with E-state index in [0.29, 0.717) is 5.92 Å². The molecular weight excluding hydrogens is 200 g/mol. The number of piperidine rings is 1. The largest absolute Gasteiger partial charge is 0.395 e. The maximum absolute atomic E-state index is 9.21. The molecule has 1 heterocycles. The third kappa shape index (κ3) is 3.52. The molecule has 0 amide bonds. The molecule has 88 valence electrons. The summed E-state index contributed by atoms with van der Waals surface area (Å²) in [6.45, 7) is 6.65. The summed E-state index contributed by atoms with van der Waals surface area (Å²) in [5.74, 6) is 6.70. The zero-order valence-electron chi connectivity index (χ0n) is 10.2. The van der Waals surface area contributed by atoms with Gasteiger partial charge in [0.05, 0.1) is 24.6 Å². The van der Waals surface area contributed by atoms with Crippen molar-refractivity contribution in [2.75, 3.05) is 26.2 Å². The molecule has 0 radical (unpaired) electrons. The van der Waals surface area contributed by atoms with Crippen LogP contribution in [0.5, 0.6) is 0 Å². The van der Waals surface area contributed by atoms with Crippen LogP contribution in [0.25, 0.3) is 0 Å². The average Bonchev–Trinajstić information content (AvgIpc) is 2.30. The number of nitrogens with zero attached hydrogens (tertiary/aromatic N) is 2. The van der Waals surface area contributed by atoms with Crippen molar-refractivity contribution in [3.8, 4) is 17.9 Å². The van der Waals surface area contributed by atoms with E-state index >= 15 is 0 Å². The third-order valence-electron chi connectivity index (χ3n) is 3.05. The van der Waals surface area contributed by atoms with Crippen molar-refractivity contribution < 1.29 is 5.11 Å². The van der Waals surface area contributed by atoms with Crippen molar-refractivity contribution in [1.29, 1.82) is 5.26 Å². The topological polar surface area (TPSA) is 47.3 Å². The molecule has 0 spiro atoms. The molecule has 0 unspecified atom stereocenters. The molecule has 16 heavy (non-hydrogen) atoms. The van der Waals surface area contributed by atoms with Gasteiger partial charge < -0.3 is 5.11 Å². The molecule has 3 heteroatoms. The summed E-state index contributed by atoms with van der Waals surface area (Å²) in [6, 6.07) is 2.25. The van der Waals surface area contributed by atoms with Crippen LogP contribution in [0.1, 0.15) is 26.7 Å². The quantitative estimate of drug-likeness (QED) is 0.712. The van der Waals surface area contributed by atoms with Crippen molar-refractivity contribution in [3.63, 3.8) is 0 Å². The summed E-state index contributed by atoms with van der Waals surface area (Å²) in [6.07, 6.45) is 1.51. The minimum atomic E-state index is -0.498. The zero-order valence-corrected chi connectivity index (χ0v) is 10.2. The lowest BCUT2D eigenvalue weighted by atomic mass is 9.81. The van der Waals surface area contributed by atoms with E-state index in [9.17, 15) is 5.11 Å². The number of nitriles is 1. The normalized spacial score (nSPS) is 19.9. The van der Waals surface area contributed by atoms with Gasteiger partial charge in [-0.15, -0.1) is 0 Å². The first-order chi connectivity index (χ1) is 7.62. The highest BCUT2D eigenvalue weighted by atomic mass is 16.3. The van der Waals surface area contributed by atoms with Gasteiger partial charge in [0.25, 0.3) is 0 Å². The van der Waals surface area contributed by atoms with E-state index in [1.807, 2.05) is 0 Å². The minimum absolute atomic E-state index is 0.0188. The first-order valence-corrected chi connectivity index (χ1v) is 5.85. The second-order valence-corrected chi connectivity index (χ2v) is 4.80. The monoisotopic (exact) mass is 220 g/mol. The van der Waals surface area contributed by atoms with Crippen LogP contribution in [0.3, 0.4) is 0 Å². The van der Waals surface area contributed by atoms with Crippen LogP contribution >= 0.6 is 0 Å². The van der Waals surface area contributed by atoms with Gasteiger partial charge in [0, 0.05) is 19.0 Å². The molecule has 1 aliphatic heterocycles. The lowest BCUT2D eigenvalue weighted by molar-refractivity contribution is 0.0923. The van der Waals surface area contributed by atoms with E-state index in [4.69, 9.17) is 5.26 Å². The molecule has 0 aromatic rings. The minimum Gasteiger partial charge on any atom is -0.395 e. The maximum atomic E-state index is 9.21. The fraction of sp³-hybridized carbons (Fsp3) is 0.769. The van der Waals surface area contributed by atoms with Crippen molar-refractivity contribution in [3.05, 3.63) is 0 Å². The summed E-state index contributed by atoms with van der Waals surface area (Å²) in [5, 5.41) is 18.2. The van der Waals surface area contributed by atoms with Crippen LogP contribution in [0, 0.1) is 34.5 Å². The van der Waals surface area contributed by atoms with Crippen molar-refractivity contribution in [1.82, 2.24) is 4.90 Å². The summed E-state index contributed by atoms with van der Waals surface area (Å²) in [7, 11) is 0. The molecule has 1 fully saturated rings. The molecule has 0 atom stereocenters. The molecule has 0 aliphatic carbocycles. The Hall–Kier alpha value is -1.03. The Morgan fingerprint density at radius 2 is 2.00 bits per heavy atom.